The number of benzene rings is 1. The Balaban J connectivity index is 2.69. The standard InChI is InChI=1S/C17H28O3/c1-5-7-16(18)17(19)11-13(4)15-9-8-14(20-6-2)10-12(15)3/h8-10,13,16-19H,5-7,11H2,1-4H3. The van der Waals surface area contributed by atoms with E-state index in [1.807, 2.05) is 26.0 Å². The molecule has 0 heterocycles. The maximum Gasteiger partial charge on any atom is 0.119 e. The molecule has 20 heavy (non-hydrogen) atoms. The Bertz CT molecular complexity index is 403. The van der Waals surface area contributed by atoms with E-state index in [0.717, 1.165) is 12.2 Å². The van der Waals surface area contributed by atoms with Crippen LogP contribution < -0.4 is 4.74 Å². The highest BCUT2D eigenvalue weighted by Gasteiger charge is 2.20. The summed E-state index contributed by atoms with van der Waals surface area (Å²) in [5, 5.41) is 19.9. The lowest BCUT2D eigenvalue weighted by atomic mass is 9.89. The molecule has 0 aliphatic carbocycles. The van der Waals surface area contributed by atoms with Gasteiger partial charge in [0.1, 0.15) is 5.75 Å². The molecule has 0 saturated heterocycles. The number of aliphatic hydroxyl groups excluding tert-OH is 2. The molecule has 0 saturated carbocycles. The fourth-order valence-corrected chi connectivity index (χ4v) is 2.59. The quantitative estimate of drug-likeness (QED) is 0.767. The summed E-state index contributed by atoms with van der Waals surface area (Å²) in [6.45, 7) is 8.79. The third kappa shape index (κ3) is 4.80. The average Bonchev–Trinajstić information content (AvgIpc) is 2.39. The number of hydrogen-bond acceptors (Lipinski definition) is 3. The predicted octanol–water partition coefficient (Wildman–Crippen LogP) is 3.41. The maximum atomic E-state index is 10.0. The van der Waals surface area contributed by atoms with Crippen molar-refractivity contribution in [1.29, 1.82) is 0 Å². The molecule has 114 valence electrons. The molecule has 0 aliphatic rings. The van der Waals surface area contributed by atoms with Gasteiger partial charge in [-0.05, 0) is 55.9 Å². The number of aryl methyl sites for hydroxylation is 1. The van der Waals surface area contributed by atoms with Crippen molar-refractivity contribution in [2.45, 2.75) is 65.1 Å². The second-order valence-corrected chi connectivity index (χ2v) is 5.51. The normalized spacial score (nSPS) is 15.7. The largest absolute Gasteiger partial charge is 0.494 e. The highest BCUT2D eigenvalue weighted by Crippen LogP contribution is 2.28. The Morgan fingerprint density at radius 3 is 2.40 bits per heavy atom. The van der Waals surface area contributed by atoms with Crippen LogP contribution in [0.25, 0.3) is 0 Å². The van der Waals surface area contributed by atoms with Crippen LogP contribution in [0.2, 0.25) is 0 Å². The second-order valence-electron chi connectivity index (χ2n) is 5.51. The molecule has 0 bridgehead atoms. The van der Waals surface area contributed by atoms with Crippen LogP contribution in [0.15, 0.2) is 18.2 Å². The van der Waals surface area contributed by atoms with Crippen LogP contribution >= 0.6 is 0 Å². The maximum absolute atomic E-state index is 10.0. The molecule has 0 amide bonds. The summed E-state index contributed by atoms with van der Waals surface area (Å²) >= 11 is 0. The lowest BCUT2D eigenvalue weighted by Gasteiger charge is -2.22. The SMILES string of the molecule is CCCC(O)C(O)CC(C)c1ccc(OCC)cc1C. The monoisotopic (exact) mass is 280 g/mol. The van der Waals surface area contributed by atoms with Gasteiger partial charge in [-0.1, -0.05) is 26.3 Å². The molecule has 1 aromatic carbocycles. The number of aliphatic hydroxyl groups is 2. The Morgan fingerprint density at radius 2 is 1.85 bits per heavy atom. The molecule has 3 nitrogen and oxygen atoms in total. The minimum atomic E-state index is -0.657. The first-order chi connectivity index (χ1) is 9.49. The lowest BCUT2D eigenvalue weighted by molar-refractivity contribution is 0.00635. The molecule has 2 N–H and O–H groups in total. The van der Waals surface area contributed by atoms with E-state index in [0.29, 0.717) is 19.4 Å². The first-order valence-corrected chi connectivity index (χ1v) is 7.59. The summed E-state index contributed by atoms with van der Waals surface area (Å²) in [6, 6.07) is 6.06. The predicted molar refractivity (Wildman–Crippen MR) is 82.3 cm³/mol. The molecule has 0 radical (unpaired) electrons. The first kappa shape index (κ1) is 17.0. The summed E-state index contributed by atoms with van der Waals surface area (Å²) in [7, 11) is 0. The van der Waals surface area contributed by atoms with E-state index in [1.165, 1.54) is 11.1 Å². The first-order valence-electron chi connectivity index (χ1n) is 7.59. The number of hydrogen-bond donors (Lipinski definition) is 2. The van der Waals surface area contributed by atoms with E-state index in [2.05, 4.69) is 19.9 Å². The van der Waals surface area contributed by atoms with Crippen LogP contribution in [0, 0.1) is 6.92 Å². The third-order valence-electron chi connectivity index (χ3n) is 3.71. The van der Waals surface area contributed by atoms with E-state index in [-0.39, 0.29) is 5.92 Å². The van der Waals surface area contributed by atoms with Gasteiger partial charge >= 0.3 is 0 Å². The van der Waals surface area contributed by atoms with Crippen LogP contribution in [-0.2, 0) is 0 Å². The molecule has 0 aliphatic heterocycles. The summed E-state index contributed by atoms with van der Waals surface area (Å²) in [4.78, 5) is 0. The Hall–Kier alpha value is -1.06. The van der Waals surface area contributed by atoms with Gasteiger partial charge < -0.3 is 14.9 Å². The van der Waals surface area contributed by atoms with Gasteiger partial charge in [0.2, 0.25) is 0 Å². The van der Waals surface area contributed by atoms with Crippen molar-refractivity contribution >= 4 is 0 Å². The van der Waals surface area contributed by atoms with Crippen molar-refractivity contribution in [2.75, 3.05) is 6.61 Å². The fraction of sp³-hybridized carbons (Fsp3) is 0.647. The second kappa shape index (κ2) is 8.28. The van der Waals surface area contributed by atoms with E-state index in [9.17, 15) is 10.2 Å². The van der Waals surface area contributed by atoms with Gasteiger partial charge in [0.25, 0.3) is 0 Å². The number of rotatable bonds is 8. The molecule has 3 unspecified atom stereocenters. The molecule has 0 fully saturated rings. The van der Waals surface area contributed by atoms with Gasteiger partial charge in [-0.25, -0.2) is 0 Å². The fourth-order valence-electron chi connectivity index (χ4n) is 2.59. The van der Waals surface area contributed by atoms with Crippen LogP contribution in [0.5, 0.6) is 5.75 Å². The van der Waals surface area contributed by atoms with Gasteiger partial charge in [-0.15, -0.1) is 0 Å². The van der Waals surface area contributed by atoms with Crippen LogP contribution in [0.3, 0.4) is 0 Å². The minimum absolute atomic E-state index is 0.215. The van der Waals surface area contributed by atoms with Gasteiger partial charge in [0.05, 0.1) is 18.8 Å². The molecular weight excluding hydrogens is 252 g/mol. The highest BCUT2D eigenvalue weighted by atomic mass is 16.5. The van der Waals surface area contributed by atoms with Gasteiger partial charge in [-0.2, -0.15) is 0 Å². The molecule has 3 atom stereocenters. The molecule has 0 aromatic heterocycles. The van der Waals surface area contributed by atoms with Crippen LogP contribution in [-0.4, -0.2) is 29.0 Å². The Morgan fingerprint density at radius 1 is 1.15 bits per heavy atom. The van der Waals surface area contributed by atoms with Crippen molar-refractivity contribution in [3.05, 3.63) is 29.3 Å². The Kier molecular flexibility index (Phi) is 7.03. The van der Waals surface area contributed by atoms with Crippen molar-refractivity contribution < 1.29 is 14.9 Å². The average molecular weight is 280 g/mol. The summed E-state index contributed by atoms with van der Waals surface area (Å²) in [6.07, 6.45) is 0.835. The van der Waals surface area contributed by atoms with E-state index < -0.39 is 12.2 Å². The van der Waals surface area contributed by atoms with Crippen molar-refractivity contribution in [1.82, 2.24) is 0 Å². The zero-order valence-corrected chi connectivity index (χ0v) is 13.1. The number of ether oxygens (including phenoxy) is 1. The smallest absolute Gasteiger partial charge is 0.119 e. The molecule has 1 rings (SSSR count). The zero-order chi connectivity index (χ0) is 15.1. The van der Waals surface area contributed by atoms with Gasteiger partial charge in [0, 0.05) is 0 Å². The summed E-state index contributed by atoms with van der Waals surface area (Å²) in [5.41, 5.74) is 2.37. The molecular formula is C17H28O3. The Labute approximate surface area is 122 Å². The van der Waals surface area contributed by atoms with Crippen molar-refractivity contribution in [2.24, 2.45) is 0 Å². The minimum Gasteiger partial charge on any atom is -0.494 e. The highest BCUT2D eigenvalue weighted by molar-refractivity contribution is 5.36. The van der Waals surface area contributed by atoms with Crippen LogP contribution in [0.4, 0.5) is 0 Å². The van der Waals surface area contributed by atoms with Crippen molar-refractivity contribution in [3.63, 3.8) is 0 Å². The van der Waals surface area contributed by atoms with E-state index in [4.69, 9.17) is 4.74 Å². The zero-order valence-electron chi connectivity index (χ0n) is 13.1. The lowest BCUT2D eigenvalue weighted by Crippen LogP contribution is -2.27. The van der Waals surface area contributed by atoms with Gasteiger partial charge in [-0.3, -0.25) is 0 Å². The molecule has 1 aromatic rings. The van der Waals surface area contributed by atoms with E-state index >= 15 is 0 Å². The molecule has 0 spiro atoms. The van der Waals surface area contributed by atoms with Crippen LogP contribution in [0.1, 0.15) is 57.1 Å². The summed E-state index contributed by atoms with van der Waals surface area (Å²) in [5.74, 6) is 1.10. The third-order valence-corrected chi connectivity index (χ3v) is 3.71. The van der Waals surface area contributed by atoms with Crippen molar-refractivity contribution in [3.8, 4) is 5.75 Å². The topological polar surface area (TPSA) is 49.7 Å². The van der Waals surface area contributed by atoms with E-state index in [1.54, 1.807) is 0 Å². The van der Waals surface area contributed by atoms with Gasteiger partial charge in [0.15, 0.2) is 0 Å². The summed E-state index contributed by atoms with van der Waals surface area (Å²) < 4.78 is 5.48. The molecule has 3 heteroatoms.